The van der Waals surface area contributed by atoms with E-state index in [0.717, 1.165) is 5.69 Å². The van der Waals surface area contributed by atoms with E-state index >= 15 is 0 Å². The van der Waals surface area contributed by atoms with Crippen molar-refractivity contribution in [2.75, 3.05) is 24.8 Å². The van der Waals surface area contributed by atoms with Crippen LogP contribution in [0.1, 0.15) is 20.3 Å². The largest absolute Gasteiger partial charge is 0.397 e. The highest BCUT2D eigenvalue weighted by molar-refractivity contribution is 5.96. The van der Waals surface area contributed by atoms with Crippen molar-refractivity contribution in [2.45, 2.75) is 25.9 Å². The van der Waals surface area contributed by atoms with E-state index in [2.05, 4.69) is 0 Å². The molecule has 0 saturated heterocycles. The van der Waals surface area contributed by atoms with Crippen LogP contribution in [0.2, 0.25) is 0 Å². The zero-order valence-corrected chi connectivity index (χ0v) is 10.9. The third kappa shape index (κ3) is 3.46. The maximum Gasteiger partial charge on any atom is 0.229 e. The van der Waals surface area contributed by atoms with Crippen LogP contribution in [-0.4, -0.2) is 25.7 Å². The molecule has 0 bridgehead atoms. The number of amides is 1. The first-order chi connectivity index (χ1) is 7.87. The molecule has 0 aromatic heterocycles. The van der Waals surface area contributed by atoms with Crippen molar-refractivity contribution in [3.05, 3.63) is 24.3 Å². The predicted molar refractivity (Wildman–Crippen MR) is 70.0 cm³/mol. The van der Waals surface area contributed by atoms with Gasteiger partial charge in [0.25, 0.3) is 0 Å². The third-order valence-electron chi connectivity index (χ3n) is 2.80. The summed E-state index contributed by atoms with van der Waals surface area (Å²) in [6.45, 7) is 3.76. The van der Waals surface area contributed by atoms with Gasteiger partial charge in [0.15, 0.2) is 0 Å². The van der Waals surface area contributed by atoms with Gasteiger partial charge in [0.2, 0.25) is 5.91 Å². The number of anilines is 2. The molecule has 94 valence electrons. The van der Waals surface area contributed by atoms with Crippen LogP contribution in [-0.2, 0) is 9.53 Å². The maximum absolute atomic E-state index is 12.1. The quantitative estimate of drug-likeness (QED) is 0.814. The molecule has 0 aliphatic carbocycles. The smallest absolute Gasteiger partial charge is 0.229 e. The Bertz CT molecular complexity index is 402. The lowest BCUT2D eigenvalue weighted by atomic mass is 10.0. The molecule has 0 radical (unpaired) electrons. The summed E-state index contributed by atoms with van der Waals surface area (Å²) in [6, 6.07) is 7.31. The van der Waals surface area contributed by atoms with E-state index in [9.17, 15) is 4.79 Å². The molecule has 4 heteroatoms. The van der Waals surface area contributed by atoms with Crippen LogP contribution >= 0.6 is 0 Å². The van der Waals surface area contributed by atoms with Gasteiger partial charge in [-0.3, -0.25) is 4.79 Å². The summed E-state index contributed by atoms with van der Waals surface area (Å²) >= 11 is 0. The Morgan fingerprint density at radius 2 is 2.00 bits per heavy atom. The van der Waals surface area contributed by atoms with Gasteiger partial charge in [-0.25, -0.2) is 0 Å². The number of nitrogens with two attached hydrogens (primary N) is 1. The number of ether oxygens (including phenoxy) is 1. The molecular formula is C13H20N2O2. The molecule has 0 unspecified atom stereocenters. The molecule has 17 heavy (non-hydrogen) atoms. The second-order valence-corrected chi connectivity index (χ2v) is 4.65. The van der Waals surface area contributed by atoms with Gasteiger partial charge in [0.1, 0.15) is 0 Å². The number of nitrogens with zero attached hydrogens (tertiary/aromatic N) is 1. The average molecular weight is 236 g/mol. The zero-order chi connectivity index (χ0) is 13.1. The molecule has 0 spiro atoms. The van der Waals surface area contributed by atoms with E-state index in [-0.39, 0.29) is 5.91 Å². The van der Waals surface area contributed by atoms with Crippen molar-refractivity contribution in [3.8, 4) is 0 Å². The first-order valence-electron chi connectivity index (χ1n) is 5.53. The number of carbonyl (C=O) groups is 1. The second kappa shape index (κ2) is 5.19. The number of para-hydroxylation sites is 2. The van der Waals surface area contributed by atoms with E-state index in [1.54, 1.807) is 25.1 Å². The lowest BCUT2D eigenvalue weighted by Gasteiger charge is -2.26. The van der Waals surface area contributed by atoms with E-state index in [1.807, 2.05) is 32.0 Å². The number of nitrogen functional groups attached to an aromatic ring is 1. The van der Waals surface area contributed by atoms with Crippen molar-refractivity contribution >= 4 is 17.3 Å². The summed E-state index contributed by atoms with van der Waals surface area (Å²) in [5.74, 6) is -0.0187. The van der Waals surface area contributed by atoms with Crippen molar-refractivity contribution in [1.82, 2.24) is 0 Å². The molecule has 1 aromatic rings. The average Bonchev–Trinajstić information content (AvgIpc) is 2.28. The molecule has 1 amide bonds. The summed E-state index contributed by atoms with van der Waals surface area (Å²) in [7, 11) is 3.32. The van der Waals surface area contributed by atoms with Crippen molar-refractivity contribution in [1.29, 1.82) is 0 Å². The van der Waals surface area contributed by atoms with E-state index in [4.69, 9.17) is 10.5 Å². The Morgan fingerprint density at radius 1 is 1.41 bits per heavy atom. The fraction of sp³-hybridized carbons (Fsp3) is 0.462. The van der Waals surface area contributed by atoms with Crippen LogP contribution in [0, 0.1) is 0 Å². The van der Waals surface area contributed by atoms with Gasteiger partial charge in [0.05, 0.1) is 23.4 Å². The summed E-state index contributed by atoms with van der Waals surface area (Å²) in [5, 5.41) is 0. The molecule has 0 saturated carbocycles. The molecule has 0 aliphatic rings. The molecule has 0 atom stereocenters. The fourth-order valence-electron chi connectivity index (χ4n) is 1.48. The van der Waals surface area contributed by atoms with Crippen LogP contribution < -0.4 is 10.6 Å². The minimum Gasteiger partial charge on any atom is -0.397 e. The van der Waals surface area contributed by atoms with Crippen LogP contribution in [0.5, 0.6) is 0 Å². The Labute approximate surface area is 102 Å². The number of carbonyl (C=O) groups excluding carboxylic acids is 1. The Balaban J connectivity index is 2.81. The number of rotatable bonds is 4. The first kappa shape index (κ1) is 13.5. The van der Waals surface area contributed by atoms with Gasteiger partial charge in [-0.05, 0) is 26.0 Å². The molecule has 0 heterocycles. The number of hydrogen-bond donors (Lipinski definition) is 1. The fourth-order valence-corrected chi connectivity index (χ4v) is 1.48. The summed E-state index contributed by atoms with van der Waals surface area (Å²) in [5.41, 5.74) is 6.69. The van der Waals surface area contributed by atoms with Crippen molar-refractivity contribution < 1.29 is 9.53 Å². The molecular weight excluding hydrogens is 216 g/mol. The van der Waals surface area contributed by atoms with Gasteiger partial charge < -0.3 is 15.4 Å². The van der Waals surface area contributed by atoms with E-state index in [0.29, 0.717) is 12.1 Å². The van der Waals surface area contributed by atoms with Crippen LogP contribution in [0.4, 0.5) is 11.4 Å². The van der Waals surface area contributed by atoms with Gasteiger partial charge in [-0.2, -0.15) is 0 Å². The molecule has 1 rings (SSSR count). The molecule has 0 fully saturated rings. The Hall–Kier alpha value is -1.55. The molecule has 1 aromatic carbocycles. The normalized spacial score (nSPS) is 11.3. The highest BCUT2D eigenvalue weighted by atomic mass is 16.5. The summed E-state index contributed by atoms with van der Waals surface area (Å²) in [4.78, 5) is 13.6. The lowest BCUT2D eigenvalue weighted by Crippen LogP contribution is -2.35. The molecule has 2 N–H and O–H groups in total. The van der Waals surface area contributed by atoms with Gasteiger partial charge >= 0.3 is 0 Å². The lowest BCUT2D eigenvalue weighted by molar-refractivity contribution is -0.123. The van der Waals surface area contributed by atoms with E-state index < -0.39 is 5.60 Å². The number of hydrogen-bond acceptors (Lipinski definition) is 3. The van der Waals surface area contributed by atoms with Crippen molar-refractivity contribution in [2.24, 2.45) is 0 Å². The standard InChI is InChI=1S/C13H20N2O2/c1-13(2,17-4)9-12(16)15(3)11-8-6-5-7-10(11)14/h5-8H,9,14H2,1-4H3. The first-order valence-corrected chi connectivity index (χ1v) is 5.53. The number of methoxy groups -OCH3 is 1. The second-order valence-electron chi connectivity index (χ2n) is 4.65. The third-order valence-corrected chi connectivity index (χ3v) is 2.80. The Kier molecular flexibility index (Phi) is 4.12. The predicted octanol–water partition coefficient (Wildman–Crippen LogP) is 2.05. The van der Waals surface area contributed by atoms with E-state index in [1.165, 1.54) is 0 Å². The van der Waals surface area contributed by atoms with Crippen LogP contribution in [0.3, 0.4) is 0 Å². The van der Waals surface area contributed by atoms with Gasteiger partial charge in [-0.15, -0.1) is 0 Å². The zero-order valence-electron chi connectivity index (χ0n) is 10.9. The Morgan fingerprint density at radius 3 is 2.53 bits per heavy atom. The minimum atomic E-state index is -0.463. The van der Waals surface area contributed by atoms with Gasteiger partial charge in [-0.1, -0.05) is 12.1 Å². The maximum atomic E-state index is 12.1. The van der Waals surface area contributed by atoms with Crippen molar-refractivity contribution in [3.63, 3.8) is 0 Å². The van der Waals surface area contributed by atoms with Crippen LogP contribution in [0.25, 0.3) is 0 Å². The summed E-state index contributed by atoms with van der Waals surface area (Å²) < 4.78 is 5.25. The minimum absolute atomic E-state index is 0.0187. The topological polar surface area (TPSA) is 55.6 Å². The highest BCUT2D eigenvalue weighted by Gasteiger charge is 2.24. The van der Waals surface area contributed by atoms with Gasteiger partial charge in [0, 0.05) is 14.2 Å². The molecule has 0 aliphatic heterocycles. The molecule has 4 nitrogen and oxygen atoms in total. The highest BCUT2D eigenvalue weighted by Crippen LogP contribution is 2.23. The number of benzene rings is 1. The summed E-state index contributed by atoms with van der Waals surface area (Å²) in [6.07, 6.45) is 0.314. The SMILES string of the molecule is COC(C)(C)CC(=O)N(C)c1ccccc1N. The monoisotopic (exact) mass is 236 g/mol. The van der Waals surface area contributed by atoms with Crippen LogP contribution in [0.15, 0.2) is 24.3 Å².